The number of nitrogens with one attached hydrogen (secondary N) is 1. The zero-order chi connectivity index (χ0) is 26.9. The summed E-state index contributed by atoms with van der Waals surface area (Å²) in [7, 11) is 1.59. The molecule has 38 heavy (non-hydrogen) atoms. The van der Waals surface area contributed by atoms with Crippen LogP contribution in [0.15, 0.2) is 30.3 Å². The van der Waals surface area contributed by atoms with E-state index >= 15 is 0 Å². The van der Waals surface area contributed by atoms with Gasteiger partial charge in [0.25, 0.3) is 0 Å². The summed E-state index contributed by atoms with van der Waals surface area (Å²) in [6, 6.07) is 13.9. The van der Waals surface area contributed by atoms with Crippen molar-refractivity contribution in [3.8, 4) is 23.3 Å². The van der Waals surface area contributed by atoms with Crippen LogP contribution in [0.1, 0.15) is 56.2 Å². The van der Waals surface area contributed by atoms with Crippen molar-refractivity contribution in [2.45, 2.75) is 51.0 Å². The highest BCUT2D eigenvalue weighted by atomic mass is 16.5. The van der Waals surface area contributed by atoms with Crippen LogP contribution < -0.4 is 10.2 Å². The first-order valence-electron chi connectivity index (χ1n) is 13.2. The molecular formula is C29H32N6O3. The third-order valence-corrected chi connectivity index (χ3v) is 7.71. The number of carbonyl (C=O) groups is 2. The van der Waals surface area contributed by atoms with Gasteiger partial charge in [-0.15, -0.1) is 0 Å². The lowest BCUT2D eigenvalue weighted by atomic mass is 9.98. The maximum Gasteiger partial charge on any atom is 0.244 e. The van der Waals surface area contributed by atoms with Crippen LogP contribution in [0.2, 0.25) is 0 Å². The van der Waals surface area contributed by atoms with E-state index in [9.17, 15) is 20.1 Å². The summed E-state index contributed by atoms with van der Waals surface area (Å²) < 4.78 is 5.06. The maximum atomic E-state index is 12.6. The predicted molar refractivity (Wildman–Crippen MR) is 142 cm³/mol. The highest BCUT2D eigenvalue weighted by Crippen LogP contribution is 2.47. The number of ether oxygens (including phenoxy) is 1. The summed E-state index contributed by atoms with van der Waals surface area (Å²) in [6.45, 7) is 4.21. The van der Waals surface area contributed by atoms with Crippen molar-refractivity contribution >= 4 is 23.3 Å². The van der Waals surface area contributed by atoms with Gasteiger partial charge >= 0.3 is 0 Å². The van der Waals surface area contributed by atoms with E-state index in [0.29, 0.717) is 68.5 Å². The molecule has 1 unspecified atom stereocenters. The number of nitrogens with zero attached hydrogens (tertiary/aromatic N) is 5. The van der Waals surface area contributed by atoms with Gasteiger partial charge in [-0.2, -0.15) is 10.5 Å². The van der Waals surface area contributed by atoms with Gasteiger partial charge in [-0.25, -0.2) is 4.98 Å². The second-order valence-electron chi connectivity index (χ2n) is 10.5. The van der Waals surface area contributed by atoms with Crippen LogP contribution in [0.3, 0.4) is 0 Å². The van der Waals surface area contributed by atoms with Crippen LogP contribution in [0.25, 0.3) is 11.1 Å². The number of hydrogen-bond acceptors (Lipinski definition) is 7. The minimum absolute atomic E-state index is 0.00559. The number of nitriles is 2. The van der Waals surface area contributed by atoms with Gasteiger partial charge in [-0.3, -0.25) is 9.59 Å². The molecule has 1 saturated heterocycles. The lowest BCUT2D eigenvalue weighted by Gasteiger charge is -2.41. The Kier molecular flexibility index (Phi) is 7.05. The van der Waals surface area contributed by atoms with Crippen molar-refractivity contribution in [2.75, 3.05) is 43.6 Å². The Morgan fingerprint density at radius 3 is 2.63 bits per heavy atom. The topological polar surface area (TPSA) is 122 Å². The Hall–Kier alpha value is -3.95. The molecular weight excluding hydrogens is 480 g/mol. The molecule has 1 aliphatic heterocycles. The lowest BCUT2D eigenvalue weighted by molar-refractivity contribution is -0.134. The van der Waals surface area contributed by atoms with E-state index in [1.807, 2.05) is 42.2 Å². The van der Waals surface area contributed by atoms with E-state index in [-0.39, 0.29) is 17.9 Å². The molecule has 5 rings (SSSR count). The molecule has 1 aromatic heterocycles. The molecule has 2 aliphatic carbocycles. The molecule has 196 valence electrons. The fourth-order valence-corrected chi connectivity index (χ4v) is 5.12. The molecule has 1 N–H and O–H groups in total. The predicted octanol–water partition coefficient (Wildman–Crippen LogP) is 3.81. The smallest absolute Gasteiger partial charge is 0.244 e. The number of rotatable bonds is 8. The van der Waals surface area contributed by atoms with Gasteiger partial charge in [-0.05, 0) is 56.4 Å². The van der Waals surface area contributed by atoms with Gasteiger partial charge in [0.2, 0.25) is 11.8 Å². The Morgan fingerprint density at radius 1 is 1.21 bits per heavy atom. The number of benzene rings is 1. The Morgan fingerprint density at radius 2 is 2.00 bits per heavy atom. The van der Waals surface area contributed by atoms with Crippen LogP contribution in [0.4, 0.5) is 11.5 Å². The van der Waals surface area contributed by atoms with Crippen LogP contribution >= 0.6 is 0 Å². The van der Waals surface area contributed by atoms with Crippen LogP contribution in [0, 0.1) is 28.1 Å². The van der Waals surface area contributed by atoms with Crippen LogP contribution in [-0.4, -0.2) is 61.1 Å². The molecule has 1 aromatic carbocycles. The van der Waals surface area contributed by atoms with Crippen molar-refractivity contribution in [3.63, 3.8) is 0 Å². The van der Waals surface area contributed by atoms with Crippen LogP contribution in [0.5, 0.6) is 0 Å². The monoisotopic (exact) mass is 512 g/mol. The first kappa shape index (κ1) is 25.7. The molecule has 2 saturated carbocycles. The largest absolute Gasteiger partial charge is 0.384 e. The minimum atomic E-state index is -0.901. The first-order chi connectivity index (χ1) is 18.4. The zero-order valence-electron chi connectivity index (χ0n) is 21.9. The third-order valence-electron chi connectivity index (χ3n) is 7.71. The number of piperazine rings is 1. The molecule has 3 aliphatic rings. The number of carbonyl (C=O) groups excluding carboxylic acids is 2. The highest BCUT2D eigenvalue weighted by molar-refractivity contribution is 5.99. The lowest BCUT2D eigenvalue weighted by Crippen LogP contribution is -2.54. The number of methoxy groups -OCH3 is 1. The summed E-state index contributed by atoms with van der Waals surface area (Å²) in [5.41, 5.74) is 2.95. The summed E-state index contributed by atoms with van der Waals surface area (Å²) in [6.07, 6.45) is 3.63. The molecule has 9 nitrogen and oxygen atoms in total. The average molecular weight is 513 g/mol. The van der Waals surface area contributed by atoms with Crippen molar-refractivity contribution in [1.82, 2.24) is 9.88 Å². The van der Waals surface area contributed by atoms with Gasteiger partial charge in [0.05, 0.1) is 30.4 Å². The molecule has 0 bridgehead atoms. The highest BCUT2D eigenvalue weighted by Gasteiger charge is 2.50. The number of amides is 2. The summed E-state index contributed by atoms with van der Waals surface area (Å²) in [5.74, 6) is 0.816. The van der Waals surface area contributed by atoms with Crippen molar-refractivity contribution in [2.24, 2.45) is 5.41 Å². The molecule has 2 aromatic rings. The van der Waals surface area contributed by atoms with E-state index < -0.39 is 5.41 Å². The molecule has 1 atom stereocenters. The molecule has 2 amide bonds. The van der Waals surface area contributed by atoms with Crippen molar-refractivity contribution in [1.29, 1.82) is 10.5 Å². The number of pyridine rings is 1. The van der Waals surface area contributed by atoms with Gasteiger partial charge in [0, 0.05) is 50.0 Å². The van der Waals surface area contributed by atoms with E-state index in [1.165, 1.54) is 0 Å². The second-order valence-corrected chi connectivity index (χ2v) is 10.5. The fourth-order valence-electron chi connectivity index (χ4n) is 5.12. The molecule has 2 heterocycles. The first-order valence-corrected chi connectivity index (χ1v) is 13.2. The number of hydrogen-bond donors (Lipinski definition) is 1. The van der Waals surface area contributed by atoms with Gasteiger partial charge in [0.1, 0.15) is 17.3 Å². The average Bonchev–Trinajstić information content (AvgIpc) is 3.85. The van der Waals surface area contributed by atoms with Crippen LogP contribution in [-0.2, 0) is 14.3 Å². The molecule has 0 radical (unpaired) electrons. The SMILES string of the molecule is COCCC(=O)N1CCN(c2nc(C3CC3)c(-c3cccc(NC(=O)C4(C#N)CC4)c3)cc2C#N)CC1C. The normalized spacial score (nSPS) is 19.8. The Labute approximate surface area is 223 Å². The summed E-state index contributed by atoms with van der Waals surface area (Å²) in [4.78, 5) is 34.2. The van der Waals surface area contributed by atoms with Gasteiger partial charge in [0.15, 0.2) is 0 Å². The quantitative estimate of drug-likeness (QED) is 0.571. The molecule has 0 spiro atoms. The van der Waals surface area contributed by atoms with E-state index in [1.54, 1.807) is 7.11 Å². The van der Waals surface area contributed by atoms with Gasteiger partial charge in [-0.1, -0.05) is 12.1 Å². The molecule has 9 heteroatoms. The Bertz CT molecular complexity index is 1330. The van der Waals surface area contributed by atoms with Crippen molar-refractivity contribution < 1.29 is 14.3 Å². The zero-order valence-corrected chi connectivity index (χ0v) is 21.9. The minimum Gasteiger partial charge on any atom is -0.384 e. The maximum absolute atomic E-state index is 12.6. The second kappa shape index (κ2) is 10.4. The fraction of sp³-hybridized carbons (Fsp3) is 0.483. The van der Waals surface area contributed by atoms with Crippen molar-refractivity contribution in [3.05, 3.63) is 41.6 Å². The summed E-state index contributed by atoms with van der Waals surface area (Å²) in [5, 5.41) is 22.3. The third kappa shape index (κ3) is 5.07. The number of anilines is 2. The van der Waals surface area contributed by atoms with E-state index in [4.69, 9.17) is 9.72 Å². The molecule has 3 fully saturated rings. The van der Waals surface area contributed by atoms with E-state index in [0.717, 1.165) is 29.7 Å². The standard InChI is InChI=1S/C29H32N6O3/c1-19-17-34(11-12-35(19)25(36)8-13-38-2)27-22(16-30)15-24(26(33-27)20-6-7-20)21-4-3-5-23(14-21)32-28(37)29(18-31)9-10-29/h3-5,14-15,19-20H,6-13,17H2,1-2H3,(H,32,37). The number of aromatic nitrogens is 1. The Balaban J connectivity index is 1.41. The van der Waals surface area contributed by atoms with E-state index in [2.05, 4.69) is 22.4 Å². The summed E-state index contributed by atoms with van der Waals surface area (Å²) >= 11 is 0. The van der Waals surface area contributed by atoms with Gasteiger partial charge < -0.3 is 19.9 Å².